The fraction of sp³-hybridized carbons (Fsp3) is 0.500. The number of rotatable bonds is 5. The van der Waals surface area contributed by atoms with Gasteiger partial charge in [-0.25, -0.2) is 13.1 Å². The van der Waals surface area contributed by atoms with Crippen LogP contribution in [0.5, 0.6) is 0 Å². The third-order valence-electron chi connectivity index (χ3n) is 3.26. The standard InChI is InChI=1S/C12H17ClN2O2S.ClH/c1-8-10(13)3-2-4-12(8)18(16,17)15-11(7-14)9-5-6-9;/h2-4,9,11,15H,5-7,14H2,1H3;1H. The van der Waals surface area contributed by atoms with Gasteiger partial charge in [-0.3, -0.25) is 0 Å². The molecule has 0 bridgehead atoms. The van der Waals surface area contributed by atoms with Gasteiger partial charge in [-0.1, -0.05) is 17.7 Å². The third-order valence-corrected chi connectivity index (χ3v) is 5.30. The van der Waals surface area contributed by atoms with Gasteiger partial charge >= 0.3 is 0 Å². The van der Waals surface area contributed by atoms with Crippen LogP contribution in [0.4, 0.5) is 0 Å². The van der Waals surface area contributed by atoms with Crippen molar-refractivity contribution in [3.05, 3.63) is 28.8 Å². The summed E-state index contributed by atoms with van der Waals surface area (Å²) in [7, 11) is -3.54. The van der Waals surface area contributed by atoms with Gasteiger partial charge in [0, 0.05) is 17.6 Å². The van der Waals surface area contributed by atoms with Crippen LogP contribution in [0.2, 0.25) is 5.02 Å². The van der Waals surface area contributed by atoms with E-state index in [0.717, 1.165) is 12.8 Å². The summed E-state index contributed by atoms with van der Waals surface area (Å²) in [6.45, 7) is 2.02. The molecule has 1 fully saturated rings. The van der Waals surface area contributed by atoms with Crippen molar-refractivity contribution in [1.29, 1.82) is 0 Å². The molecule has 1 aliphatic carbocycles. The Labute approximate surface area is 125 Å². The first-order valence-electron chi connectivity index (χ1n) is 5.93. The SMILES string of the molecule is Cc1c(Cl)cccc1S(=O)(=O)NC(CN)C1CC1.Cl. The predicted molar refractivity (Wildman–Crippen MR) is 79.3 cm³/mol. The number of halogens is 2. The fourth-order valence-electron chi connectivity index (χ4n) is 1.98. The van der Waals surface area contributed by atoms with Crippen LogP contribution in [0.1, 0.15) is 18.4 Å². The van der Waals surface area contributed by atoms with Crippen LogP contribution in [0.25, 0.3) is 0 Å². The van der Waals surface area contributed by atoms with Crippen molar-refractivity contribution in [1.82, 2.24) is 4.72 Å². The summed E-state index contributed by atoms with van der Waals surface area (Å²) in [5.74, 6) is 0.379. The minimum absolute atomic E-state index is 0. The van der Waals surface area contributed by atoms with Gasteiger partial charge in [0.15, 0.2) is 0 Å². The Bertz CT molecular complexity index is 545. The van der Waals surface area contributed by atoms with Gasteiger partial charge in [-0.05, 0) is 43.4 Å². The summed E-state index contributed by atoms with van der Waals surface area (Å²) in [6, 6.07) is 4.70. The van der Waals surface area contributed by atoms with Crippen molar-refractivity contribution in [3.8, 4) is 0 Å². The molecule has 1 aromatic carbocycles. The first-order chi connectivity index (χ1) is 8.45. The Morgan fingerprint density at radius 1 is 1.47 bits per heavy atom. The zero-order chi connectivity index (χ0) is 13.3. The average Bonchev–Trinajstić information content (AvgIpc) is 3.13. The molecule has 4 nitrogen and oxygen atoms in total. The van der Waals surface area contributed by atoms with Crippen molar-refractivity contribution < 1.29 is 8.42 Å². The molecule has 19 heavy (non-hydrogen) atoms. The molecule has 0 amide bonds. The van der Waals surface area contributed by atoms with E-state index in [-0.39, 0.29) is 23.3 Å². The van der Waals surface area contributed by atoms with Crippen LogP contribution in [0, 0.1) is 12.8 Å². The van der Waals surface area contributed by atoms with Gasteiger partial charge in [-0.15, -0.1) is 12.4 Å². The molecule has 108 valence electrons. The first kappa shape index (κ1) is 16.7. The highest BCUT2D eigenvalue weighted by molar-refractivity contribution is 7.89. The second-order valence-corrected chi connectivity index (χ2v) is 6.75. The van der Waals surface area contributed by atoms with E-state index < -0.39 is 10.0 Å². The van der Waals surface area contributed by atoms with Crippen molar-refractivity contribution in [2.45, 2.75) is 30.7 Å². The summed E-state index contributed by atoms with van der Waals surface area (Å²) >= 11 is 5.95. The molecule has 0 aliphatic heterocycles. The van der Waals surface area contributed by atoms with Crippen molar-refractivity contribution in [2.24, 2.45) is 11.7 Å². The molecule has 0 saturated heterocycles. The molecule has 1 saturated carbocycles. The Hall–Kier alpha value is -0.330. The smallest absolute Gasteiger partial charge is 0.241 e. The summed E-state index contributed by atoms with van der Waals surface area (Å²) in [4.78, 5) is 0.231. The zero-order valence-corrected chi connectivity index (χ0v) is 13.0. The van der Waals surface area contributed by atoms with Crippen molar-refractivity contribution in [3.63, 3.8) is 0 Å². The molecular formula is C12H18Cl2N2O2S. The lowest BCUT2D eigenvalue weighted by Crippen LogP contribution is -2.41. The number of benzene rings is 1. The zero-order valence-electron chi connectivity index (χ0n) is 10.6. The van der Waals surface area contributed by atoms with E-state index in [4.69, 9.17) is 17.3 Å². The van der Waals surface area contributed by atoms with Crippen LogP contribution in [-0.4, -0.2) is 21.0 Å². The summed E-state index contributed by atoms with van der Waals surface area (Å²) in [5, 5.41) is 0.452. The van der Waals surface area contributed by atoms with Crippen LogP contribution in [0.15, 0.2) is 23.1 Å². The molecule has 0 radical (unpaired) electrons. The van der Waals surface area contributed by atoms with Crippen LogP contribution >= 0.6 is 24.0 Å². The Morgan fingerprint density at radius 2 is 2.11 bits per heavy atom. The summed E-state index contributed by atoms with van der Waals surface area (Å²) in [5.41, 5.74) is 6.18. The fourth-order valence-corrected chi connectivity index (χ4v) is 3.79. The summed E-state index contributed by atoms with van der Waals surface area (Å²) in [6.07, 6.45) is 2.08. The lowest BCUT2D eigenvalue weighted by Gasteiger charge is -2.17. The van der Waals surface area contributed by atoms with E-state index in [0.29, 0.717) is 23.0 Å². The van der Waals surface area contributed by atoms with Crippen molar-refractivity contribution in [2.75, 3.05) is 6.54 Å². The quantitative estimate of drug-likeness (QED) is 0.871. The molecule has 1 unspecified atom stereocenters. The molecule has 0 spiro atoms. The van der Waals surface area contributed by atoms with Gasteiger partial charge < -0.3 is 5.73 Å². The number of sulfonamides is 1. The molecule has 2 rings (SSSR count). The van der Waals surface area contributed by atoms with E-state index >= 15 is 0 Å². The van der Waals surface area contributed by atoms with E-state index in [9.17, 15) is 8.42 Å². The van der Waals surface area contributed by atoms with Gasteiger partial charge in [0.25, 0.3) is 0 Å². The lowest BCUT2D eigenvalue weighted by molar-refractivity contribution is 0.519. The first-order valence-corrected chi connectivity index (χ1v) is 7.79. The second-order valence-electron chi connectivity index (χ2n) is 4.66. The highest BCUT2D eigenvalue weighted by Crippen LogP contribution is 2.33. The van der Waals surface area contributed by atoms with E-state index in [1.165, 1.54) is 0 Å². The largest absolute Gasteiger partial charge is 0.329 e. The van der Waals surface area contributed by atoms with Crippen LogP contribution in [-0.2, 0) is 10.0 Å². The molecular weight excluding hydrogens is 307 g/mol. The number of nitrogens with two attached hydrogens (primary N) is 1. The van der Waals surface area contributed by atoms with Gasteiger partial charge in [-0.2, -0.15) is 0 Å². The second kappa shape index (κ2) is 6.41. The molecule has 0 aromatic heterocycles. The Morgan fingerprint density at radius 3 is 2.63 bits per heavy atom. The maximum atomic E-state index is 12.3. The van der Waals surface area contributed by atoms with E-state index in [1.807, 2.05) is 0 Å². The normalized spacial score (nSPS) is 16.8. The minimum atomic E-state index is -3.54. The molecule has 3 N–H and O–H groups in total. The predicted octanol–water partition coefficient (Wildman–Crippen LogP) is 2.09. The summed E-state index contributed by atoms with van der Waals surface area (Å²) < 4.78 is 27.2. The number of hydrogen-bond acceptors (Lipinski definition) is 3. The maximum absolute atomic E-state index is 12.3. The van der Waals surface area contributed by atoms with Gasteiger partial charge in [0.05, 0.1) is 4.90 Å². The molecule has 7 heteroatoms. The van der Waals surface area contributed by atoms with Gasteiger partial charge in [0.2, 0.25) is 10.0 Å². The van der Waals surface area contributed by atoms with Crippen LogP contribution in [0.3, 0.4) is 0 Å². The highest BCUT2D eigenvalue weighted by Gasteiger charge is 2.33. The molecule has 1 aliphatic rings. The van der Waals surface area contributed by atoms with E-state index in [2.05, 4.69) is 4.72 Å². The Kier molecular flexibility index (Phi) is 5.65. The number of nitrogens with one attached hydrogen (secondary N) is 1. The molecule has 1 atom stereocenters. The monoisotopic (exact) mass is 324 g/mol. The topological polar surface area (TPSA) is 72.2 Å². The van der Waals surface area contributed by atoms with Crippen molar-refractivity contribution >= 4 is 34.0 Å². The molecule has 0 heterocycles. The van der Waals surface area contributed by atoms with Crippen LogP contribution < -0.4 is 10.5 Å². The lowest BCUT2D eigenvalue weighted by atomic mass is 10.2. The molecule has 1 aromatic rings. The maximum Gasteiger partial charge on any atom is 0.241 e. The highest BCUT2D eigenvalue weighted by atomic mass is 35.5. The third kappa shape index (κ3) is 3.83. The van der Waals surface area contributed by atoms with Gasteiger partial charge in [0.1, 0.15) is 0 Å². The minimum Gasteiger partial charge on any atom is -0.329 e. The Balaban J connectivity index is 0.00000180. The number of hydrogen-bond donors (Lipinski definition) is 2. The average molecular weight is 325 g/mol. The van der Waals surface area contributed by atoms with E-state index in [1.54, 1.807) is 25.1 Å².